The molecule has 4 N–H and O–H groups in total. The van der Waals surface area contributed by atoms with Gasteiger partial charge >= 0.3 is 5.97 Å². The maximum Gasteiger partial charge on any atom is 0.352 e. The van der Waals surface area contributed by atoms with Gasteiger partial charge in [0.15, 0.2) is 5.82 Å². The maximum atomic E-state index is 12.5. The van der Waals surface area contributed by atoms with E-state index in [2.05, 4.69) is 25.3 Å². The number of β-lactam (4-membered cyclic amide) rings is 1. The number of hydrogen-bond donors (Lipinski definition) is 3. The van der Waals surface area contributed by atoms with Crippen LogP contribution in [0.3, 0.4) is 0 Å². The van der Waals surface area contributed by atoms with Crippen LogP contribution in [0, 0.1) is 0 Å². The zero-order valence-corrected chi connectivity index (χ0v) is 14.3. The highest BCUT2D eigenvalue weighted by molar-refractivity contribution is 8.00. The predicted molar refractivity (Wildman–Crippen MR) is 90.7 cm³/mol. The molecule has 0 saturated carbocycles. The van der Waals surface area contributed by atoms with E-state index in [1.807, 2.05) is 0 Å². The van der Waals surface area contributed by atoms with E-state index in [0.29, 0.717) is 5.75 Å². The Morgan fingerprint density at radius 3 is 2.96 bits per heavy atom. The summed E-state index contributed by atoms with van der Waals surface area (Å²) in [5, 5.41) is 14.8. The summed E-state index contributed by atoms with van der Waals surface area (Å²) in [7, 11) is 1.25. The first kappa shape index (κ1) is 17.7. The SMILES string of the molecule is CO/N=C(\C(=O)NC1C(=O)N2C(C(=O)O)=CCS[C@H]12)c1nccc(N)n1. The summed E-state index contributed by atoms with van der Waals surface area (Å²) >= 11 is 1.34. The lowest BCUT2D eigenvalue weighted by atomic mass is 10.0. The molecule has 2 aliphatic rings. The van der Waals surface area contributed by atoms with Crippen molar-refractivity contribution >= 4 is 41.1 Å². The topological polar surface area (TPSA) is 160 Å². The molecule has 1 aromatic rings. The van der Waals surface area contributed by atoms with Crippen molar-refractivity contribution < 1.29 is 24.3 Å². The predicted octanol–water partition coefficient (Wildman–Crippen LogP) is -1.22. The van der Waals surface area contributed by atoms with Gasteiger partial charge < -0.3 is 21.0 Å². The quantitative estimate of drug-likeness (QED) is 0.324. The van der Waals surface area contributed by atoms with Crippen LogP contribution in [-0.4, -0.2) is 67.7 Å². The number of carbonyl (C=O) groups excluding carboxylic acids is 2. The molecule has 0 aromatic carbocycles. The number of aromatic nitrogens is 2. The fourth-order valence-electron chi connectivity index (χ4n) is 2.51. The molecule has 0 bridgehead atoms. The summed E-state index contributed by atoms with van der Waals surface area (Å²) in [5.41, 5.74) is 5.24. The van der Waals surface area contributed by atoms with Crippen LogP contribution in [0.1, 0.15) is 5.82 Å². The largest absolute Gasteiger partial charge is 0.477 e. The van der Waals surface area contributed by atoms with Crippen molar-refractivity contribution in [2.45, 2.75) is 11.4 Å². The Bertz CT molecular complexity index is 841. The number of nitrogens with zero attached hydrogens (tertiary/aromatic N) is 4. The molecule has 1 aromatic heterocycles. The lowest BCUT2D eigenvalue weighted by Crippen LogP contribution is -2.70. The van der Waals surface area contributed by atoms with Crippen LogP contribution in [0.25, 0.3) is 0 Å². The number of carboxylic acid groups (broad SMARTS) is 1. The van der Waals surface area contributed by atoms with Crippen molar-refractivity contribution in [2.24, 2.45) is 5.16 Å². The van der Waals surface area contributed by atoms with Gasteiger partial charge in [0.05, 0.1) is 0 Å². The first-order chi connectivity index (χ1) is 12.4. The van der Waals surface area contributed by atoms with Gasteiger partial charge in [0.1, 0.15) is 30.0 Å². The molecule has 12 heteroatoms. The van der Waals surface area contributed by atoms with E-state index in [1.165, 1.54) is 37.2 Å². The van der Waals surface area contributed by atoms with Crippen LogP contribution < -0.4 is 11.1 Å². The molecular weight excluding hydrogens is 364 g/mol. The Balaban J connectivity index is 1.77. The second-order valence-electron chi connectivity index (χ2n) is 5.21. The van der Waals surface area contributed by atoms with Gasteiger partial charge in [0.2, 0.25) is 5.71 Å². The van der Waals surface area contributed by atoms with E-state index in [9.17, 15) is 14.4 Å². The lowest BCUT2D eigenvalue weighted by molar-refractivity contribution is -0.150. The molecule has 3 rings (SSSR count). The molecule has 2 aliphatic heterocycles. The number of fused-ring (bicyclic) bond motifs is 1. The molecule has 0 aliphatic carbocycles. The Labute approximate surface area is 151 Å². The maximum absolute atomic E-state index is 12.5. The summed E-state index contributed by atoms with van der Waals surface area (Å²) in [5.74, 6) is -1.95. The van der Waals surface area contributed by atoms with Crippen LogP contribution in [0.2, 0.25) is 0 Å². The lowest BCUT2D eigenvalue weighted by Gasteiger charge is -2.48. The Hall–Kier alpha value is -3.15. The first-order valence-corrected chi connectivity index (χ1v) is 8.38. The van der Waals surface area contributed by atoms with Gasteiger partial charge in [-0.2, -0.15) is 0 Å². The Morgan fingerprint density at radius 1 is 1.54 bits per heavy atom. The number of hydrogen-bond acceptors (Lipinski definition) is 9. The zero-order valence-electron chi connectivity index (χ0n) is 13.4. The molecule has 3 heterocycles. The van der Waals surface area contributed by atoms with Crippen molar-refractivity contribution in [1.82, 2.24) is 20.2 Å². The molecule has 1 fully saturated rings. The van der Waals surface area contributed by atoms with E-state index in [-0.39, 0.29) is 23.1 Å². The van der Waals surface area contributed by atoms with E-state index in [4.69, 9.17) is 10.8 Å². The third-order valence-corrected chi connectivity index (χ3v) is 4.82. The smallest absolute Gasteiger partial charge is 0.352 e. The monoisotopic (exact) mass is 378 g/mol. The molecule has 2 amide bonds. The number of aliphatic carboxylic acids is 1. The summed E-state index contributed by atoms with van der Waals surface area (Å²) in [6.45, 7) is 0. The molecule has 1 unspecified atom stereocenters. The van der Waals surface area contributed by atoms with Crippen molar-refractivity contribution in [2.75, 3.05) is 18.6 Å². The number of oxime groups is 1. The summed E-state index contributed by atoms with van der Waals surface area (Å²) in [6.07, 6.45) is 2.81. The van der Waals surface area contributed by atoms with Crippen LogP contribution in [0.5, 0.6) is 0 Å². The van der Waals surface area contributed by atoms with Crippen molar-refractivity contribution in [3.8, 4) is 0 Å². The third-order valence-electron chi connectivity index (χ3n) is 3.64. The number of nitrogens with one attached hydrogen (secondary N) is 1. The number of thioether (sulfide) groups is 1. The van der Waals surface area contributed by atoms with Gasteiger partial charge in [0, 0.05) is 11.9 Å². The van der Waals surface area contributed by atoms with Crippen molar-refractivity contribution in [3.63, 3.8) is 0 Å². The zero-order chi connectivity index (χ0) is 18.8. The second-order valence-corrected chi connectivity index (χ2v) is 6.36. The molecule has 2 atom stereocenters. The molecule has 136 valence electrons. The van der Waals surface area contributed by atoms with Crippen LogP contribution in [0.4, 0.5) is 5.82 Å². The minimum absolute atomic E-state index is 0.0598. The second kappa shape index (κ2) is 7.00. The van der Waals surface area contributed by atoms with Gasteiger partial charge in [-0.3, -0.25) is 14.5 Å². The fraction of sp³-hybridized carbons (Fsp3) is 0.286. The highest BCUT2D eigenvalue weighted by Gasteiger charge is 2.53. The molecule has 0 spiro atoms. The van der Waals surface area contributed by atoms with Crippen LogP contribution in [0.15, 0.2) is 29.2 Å². The average molecular weight is 378 g/mol. The fourth-order valence-corrected chi connectivity index (χ4v) is 3.70. The number of nitrogens with two attached hydrogens (primary N) is 1. The molecule has 11 nitrogen and oxygen atoms in total. The van der Waals surface area contributed by atoms with Gasteiger partial charge in [0.25, 0.3) is 11.8 Å². The van der Waals surface area contributed by atoms with Crippen molar-refractivity contribution in [1.29, 1.82) is 0 Å². The number of nitrogen functional groups attached to an aromatic ring is 1. The number of rotatable bonds is 5. The molecule has 26 heavy (non-hydrogen) atoms. The minimum Gasteiger partial charge on any atom is -0.477 e. The van der Waals surface area contributed by atoms with E-state index in [1.54, 1.807) is 0 Å². The number of amides is 2. The van der Waals surface area contributed by atoms with Crippen molar-refractivity contribution in [3.05, 3.63) is 29.9 Å². The van der Waals surface area contributed by atoms with E-state index < -0.39 is 29.2 Å². The highest BCUT2D eigenvalue weighted by Crippen LogP contribution is 2.37. The van der Waals surface area contributed by atoms with Crippen LogP contribution in [-0.2, 0) is 19.2 Å². The van der Waals surface area contributed by atoms with Gasteiger partial charge in [-0.15, -0.1) is 11.8 Å². The summed E-state index contributed by atoms with van der Waals surface area (Å²) < 4.78 is 0. The van der Waals surface area contributed by atoms with E-state index in [0.717, 1.165) is 4.90 Å². The molecular formula is C14H14N6O5S. The standard InChI is InChI=1S/C14H14N6O5S/c1-25-19-8(10-16-4-2-7(15)17-10)11(21)18-9-12(22)20-6(14(23)24)3-5-26-13(9)20/h2-4,9,13H,5H2,1H3,(H,18,21)(H,23,24)(H2,15,16,17)/b19-8-/t9?,13-/m1/s1. The first-order valence-electron chi connectivity index (χ1n) is 7.33. The minimum atomic E-state index is -1.19. The number of anilines is 1. The third kappa shape index (κ3) is 3.06. The number of carboxylic acids is 1. The number of carbonyl (C=O) groups is 3. The van der Waals surface area contributed by atoms with Gasteiger partial charge in [-0.05, 0) is 12.1 Å². The van der Waals surface area contributed by atoms with Gasteiger partial charge in [-0.1, -0.05) is 5.16 Å². The molecule has 1 saturated heterocycles. The Morgan fingerprint density at radius 2 is 2.31 bits per heavy atom. The van der Waals surface area contributed by atoms with Crippen LogP contribution >= 0.6 is 11.8 Å². The average Bonchev–Trinajstić information content (AvgIpc) is 2.62. The van der Waals surface area contributed by atoms with E-state index >= 15 is 0 Å². The Kier molecular flexibility index (Phi) is 4.75. The highest BCUT2D eigenvalue weighted by atomic mass is 32.2. The summed E-state index contributed by atoms with van der Waals surface area (Å²) in [6, 6.07) is 0.552. The van der Waals surface area contributed by atoms with Gasteiger partial charge in [-0.25, -0.2) is 14.8 Å². The summed E-state index contributed by atoms with van der Waals surface area (Å²) in [4.78, 5) is 49.6. The molecule has 0 radical (unpaired) electrons. The normalized spacial score (nSPS) is 22.0.